The number of hydrogen-bond acceptors (Lipinski definition) is 4. The summed E-state index contributed by atoms with van der Waals surface area (Å²) in [7, 11) is 0. The molecule has 1 rings (SSSR count). The van der Waals surface area contributed by atoms with Crippen molar-refractivity contribution in [2.75, 3.05) is 37.7 Å². The molecule has 0 aliphatic carbocycles. The fourth-order valence-electron chi connectivity index (χ4n) is 1.50. The summed E-state index contributed by atoms with van der Waals surface area (Å²) in [4.78, 5) is 2.47. The fraction of sp³-hybridized carbons (Fsp3) is 0.900. The number of nitrogens with zero attached hydrogens (tertiary/aromatic N) is 2. The van der Waals surface area contributed by atoms with Gasteiger partial charge in [0, 0.05) is 37.7 Å². The number of nitriles is 1. The third kappa shape index (κ3) is 4.32. The zero-order chi connectivity index (χ0) is 10.2. The van der Waals surface area contributed by atoms with Gasteiger partial charge in [-0.3, -0.25) is 0 Å². The largest absolute Gasteiger partial charge is 0.301 e. The second-order valence-electron chi connectivity index (χ2n) is 3.50. The van der Waals surface area contributed by atoms with E-state index in [1.165, 1.54) is 24.6 Å². The van der Waals surface area contributed by atoms with Crippen LogP contribution in [0.2, 0.25) is 0 Å². The molecule has 0 radical (unpaired) electrons. The molecule has 1 heterocycles. The van der Waals surface area contributed by atoms with Crippen LogP contribution in [0.1, 0.15) is 13.3 Å². The van der Waals surface area contributed by atoms with Crippen LogP contribution in [-0.4, -0.2) is 48.6 Å². The van der Waals surface area contributed by atoms with Gasteiger partial charge in [-0.1, -0.05) is 6.92 Å². The zero-order valence-corrected chi connectivity index (χ0v) is 9.65. The van der Waals surface area contributed by atoms with Crippen molar-refractivity contribution in [1.82, 2.24) is 10.2 Å². The lowest BCUT2D eigenvalue weighted by molar-refractivity contribution is 0.298. The molecule has 0 amide bonds. The number of rotatable bonds is 5. The van der Waals surface area contributed by atoms with Crippen molar-refractivity contribution in [2.45, 2.75) is 19.4 Å². The number of nitrogens with one attached hydrogen (secondary N) is 1. The second kappa shape index (κ2) is 7.10. The van der Waals surface area contributed by atoms with Crippen molar-refractivity contribution in [3.63, 3.8) is 0 Å². The van der Waals surface area contributed by atoms with Crippen LogP contribution in [0, 0.1) is 11.3 Å². The lowest BCUT2D eigenvalue weighted by atomic mass is 10.2. The minimum atomic E-state index is 0.0363. The molecule has 0 saturated carbocycles. The molecule has 1 aliphatic rings. The Morgan fingerprint density at radius 1 is 1.50 bits per heavy atom. The highest BCUT2D eigenvalue weighted by molar-refractivity contribution is 7.99. The molecule has 3 nitrogen and oxygen atoms in total. The summed E-state index contributed by atoms with van der Waals surface area (Å²) < 4.78 is 0. The Balaban J connectivity index is 2.05. The predicted molar refractivity (Wildman–Crippen MR) is 61.5 cm³/mol. The first-order valence-corrected chi connectivity index (χ1v) is 6.45. The lowest BCUT2D eigenvalue weighted by Crippen LogP contribution is -2.40. The first kappa shape index (κ1) is 11.8. The summed E-state index contributed by atoms with van der Waals surface area (Å²) in [6.45, 7) is 6.47. The van der Waals surface area contributed by atoms with E-state index < -0.39 is 0 Å². The van der Waals surface area contributed by atoms with Crippen LogP contribution >= 0.6 is 11.8 Å². The summed E-state index contributed by atoms with van der Waals surface area (Å²) in [6.07, 6.45) is 0.895. The predicted octanol–water partition coefficient (Wildman–Crippen LogP) is 0.927. The van der Waals surface area contributed by atoms with Crippen LogP contribution in [0.5, 0.6) is 0 Å². The first-order chi connectivity index (χ1) is 6.86. The lowest BCUT2D eigenvalue weighted by Gasteiger charge is -2.26. The molecule has 0 aromatic heterocycles. The van der Waals surface area contributed by atoms with E-state index in [4.69, 9.17) is 5.26 Å². The van der Waals surface area contributed by atoms with Gasteiger partial charge in [0.2, 0.25) is 0 Å². The van der Waals surface area contributed by atoms with Gasteiger partial charge < -0.3 is 10.2 Å². The number of thioether (sulfide) groups is 1. The quantitative estimate of drug-likeness (QED) is 0.737. The molecular weight excluding hydrogens is 194 g/mol. The van der Waals surface area contributed by atoms with Crippen molar-refractivity contribution in [1.29, 1.82) is 5.26 Å². The van der Waals surface area contributed by atoms with E-state index in [-0.39, 0.29) is 6.04 Å². The molecule has 14 heavy (non-hydrogen) atoms. The van der Waals surface area contributed by atoms with Gasteiger partial charge in [0.25, 0.3) is 0 Å². The van der Waals surface area contributed by atoms with Gasteiger partial charge in [-0.15, -0.1) is 0 Å². The Labute approximate surface area is 90.8 Å². The maximum atomic E-state index is 8.73. The van der Waals surface area contributed by atoms with E-state index in [2.05, 4.69) is 16.3 Å². The van der Waals surface area contributed by atoms with Gasteiger partial charge in [0.1, 0.15) is 0 Å². The van der Waals surface area contributed by atoms with E-state index >= 15 is 0 Å². The molecule has 0 bridgehead atoms. The Kier molecular flexibility index (Phi) is 6.00. The molecule has 1 atom stereocenters. The average molecular weight is 213 g/mol. The van der Waals surface area contributed by atoms with Crippen molar-refractivity contribution < 1.29 is 0 Å². The minimum Gasteiger partial charge on any atom is -0.301 e. The summed E-state index contributed by atoms with van der Waals surface area (Å²) in [5.74, 6) is 2.52. The molecular formula is C10H19N3S. The third-order valence-electron chi connectivity index (χ3n) is 2.49. The fourth-order valence-corrected chi connectivity index (χ4v) is 2.48. The smallest absolute Gasteiger partial charge is 0.0950 e. The topological polar surface area (TPSA) is 39.1 Å². The second-order valence-corrected chi connectivity index (χ2v) is 4.72. The zero-order valence-electron chi connectivity index (χ0n) is 8.83. The SMILES string of the molecule is CCC(C#N)NCCN1CCSCC1. The van der Waals surface area contributed by atoms with Gasteiger partial charge in [0.05, 0.1) is 12.1 Å². The van der Waals surface area contributed by atoms with E-state index in [0.717, 1.165) is 19.5 Å². The molecule has 80 valence electrons. The third-order valence-corrected chi connectivity index (χ3v) is 3.43. The molecule has 1 unspecified atom stereocenters. The van der Waals surface area contributed by atoms with E-state index in [0.29, 0.717) is 0 Å². The van der Waals surface area contributed by atoms with E-state index in [1.54, 1.807) is 0 Å². The molecule has 0 aromatic rings. The summed E-state index contributed by atoms with van der Waals surface area (Å²) in [6, 6.07) is 2.29. The molecule has 1 aliphatic heterocycles. The van der Waals surface area contributed by atoms with Crippen molar-refractivity contribution in [2.24, 2.45) is 0 Å². The van der Waals surface area contributed by atoms with Crippen molar-refractivity contribution >= 4 is 11.8 Å². The van der Waals surface area contributed by atoms with Gasteiger partial charge in [-0.2, -0.15) is 17.0 Å². The minimum absolute atomic E-state index is 0.0363. The maximum absolute atomic E-state index is 8.73. The van der Waals surface area contributed by atoms with Crippen LogP contribution in [0.25, 0.3) is 0 Å². The van der Waals surface area contributed by atoms with Crippen LogP contribution in [0.15, 0.2) is 0 Å². The van der Waals surface area contributed by atoms with Crippen LogP contribution in [0.3, 0.4) is 0 Å². The normalized spacial score (nSPS) is 20.3. The summed E-state index contributed by atoms with van der Waals surface area (Å²) in [5.41, 5.74) is 0. The van der Waals surface area contributed by atoms with E-state index in [1.807, 2.05) is 18.7 Å². The maximum Gasteiger partial charge on any atom is 0.0950 e. The molecule has 1 fully saturated rings. The van der Waals surface area contributed by atoms with Gasteiger partial charge in [-0.05, 0) is 6.42 Å². The first-order valence-electron chi connectivity index (χ1n) is 5.30. The standard InChI is InChI=1S/C10H19N3S/c1-2-10(9-11)12-3-4-13-5-7-14-8-6-13/h10,12H,2-8H2,1H3. The van der Waals surface area contributed by atoms with Crippen LogP contribution < -0.4 is 5.32 Å². The highest BCUT2D eigenvalue weighted by atomic mass is 32.2. The Hall–Kier alpha value is -0.240. The molecule has 4 heteroatoms. The molecule has 1 saturated heterocycles. The van der Waals surface area contributed by atoms with E-state index in [9.17, 15) is 0 Å². The Morgan fingerprint density at radius 3 is 2.79 bits per heavy atom. The van der Waals surface area contributed by atoms with Gasteiger partial charge >= 0.3 is 0 Å². The molecule has 1 N–H and O–H groups in total. The van der Waals surface area contributed by atoms with Crippen LogP contribution in [-0.2, 0) is 0 Å². The highest BCUT2D eigenvalue weighted by Crippen LogP contribution is 2.07. The van der Waals surface area contributed by atoms with Gasteiger partial charge in [0.15, 0.2) is 0 Å². The van der Waals surface area contributed by atoms with Crippen molar-refractivity contribution in [3.05, 3.63) is 0 Å². The molecule has 0 aromatic carbocycles. The van der Waals surface area contributed by atoms with Crippen LogP contribution in [0.4, 0.5) is 0 Å². The van der Waals surface area contributed by atoms with Gasteiger partial charge in [-0.25, -0.2) is 0 Å². The summed E-state index contributed by atoms with van der Waals surface area (Å²) in [5, 5.41) is 12.0. The Morgan fingerprint density at radius 2 is 2.21 bits per heavy atom. The Bertz CT molecular complexity index is 184. The number of hydrogen-bond donors (Lipinski definition) is 1. The summed E-state index contributed by atoms with van der Waals surface area (Å²) >= 11 is 2.03. The average Bonchev–Trinajstić information content (AvgIpc) is 2.26. The van der Waals surface area contributed by atoms with Crippen molar-refractivity contribution in [3.8, 4) is 6.07 Å². The monoisotopic (exact) mass is 213 g/mol. The molecule has 0 spiro atoms. The highest BCUT2D eigenvalue weighted by Gasteiger charge is 2.10.